The predicted octanol–water partition coefficient (Wildman–Crippen LogP) is 3.82. The summed E-state index contributed by atoms with van der Waals surface area (Å²) in [6.45, 7) is 10.3. The number of esters is 1. The summed E-state index contributed by atoms with van der Waals surface area (Å²) in [5, 5.41) is 13.2. The number of nitrogens with zero attached hydrogens (tertiary/aromatic N) is 4. The van der Waals surface area contributed by atoms with Gasteiger partial charge in [0, 0.05) is 13.2 Å². The lowest BCUT2D eigenvalue weighted by atomic mass is 10.0. The molecule has 15 nitrogen and oxygen atoms in total. The molecule has 1 aromatic heterocycles. The molecule has 2 rings (SSSR count). The van der Waals surface area contributed by atoms with Gasteiger partial charge >= 0.3 is 25.8 Å². The van der Waals surface area contributed by atoms with Gasteiger partial charge in [-0.1, -0.05) is 49.4 Å². The Kier molecular flexibility index (Phi) is 14.8. The van der Waals surface area contributed by atoms with Crippen LogP contribution in [0, 0.1) is 5.92 Å². The number of methoxy groups -OCH3 is 1. The van der Waals surface area contributed by atoms with Crippen molar-refractivity contribution in [3.05, 3.63) is 47.8 Å². The fourth-order valence-electron chi connectivity index (χ4n) is 4.13. The normalized spacial score (nSPS) is 15.0. The van der Waals surface area contributed by atoms with Crippen LogP contribution < -0.4 is 10.6 Å². The van der Waals surface area contributed by atoms with Crippen molar-refractivity contribution in [2.75, 3.05) is 20.3 Å². The fourth-order valence-corrected chi connectivity index (χ4v) is 5.14. The zero-order valence-electron chi connectivity index (χ0n) is 28.6. The third kappa shape index (κ3) is 14.6. The minimum atomic E-state index is -5.19. The van der Waals surface area contributed by atoms with E-state index in [9.17, 15) is 36.9 Å². The molecule has 0 saturated heterocycles. The molecule has 0 spiro atoms. The van der Waals surface area contributed by atoms with Gasteiger partial charge in [0.25, 0.3) is 6.10 Å². The van der Waals surface area contributed by atoms with Crippen molar-refractivity contribution in [1.82, 2.24) is 30.5 Å². The van der Waals surface area contributed by atoms with Gasteiger partial charge in [0.05, 0.1) is 32.4 Å². The van der Waals surface area contributed by atoms with Gasteiger partial charge in [0.2, 0.25) is 11.8 Å². The van der Waals surface area contributed by atoms with Gasteiger partial charge < -0.3 is 29.5 Å². The van der Waals surface area contributed by atoms with Crippen molar-refractivity contribution in [1.29, 1.82) is 0 Å². The molecular formula is C30H44F3N6O9P. The molecule has 274 valence electrons. The highest BCUT2D eigenvalue weighted by atomic mass is 31.2. The summed E-state index contributed by atoms with van der Waals surface area (Å²) < 4.78 is 72.2. The number of amides is 3. The quantitative estimate of drug-likeness (QED) is 0.190. The first-order valence-electron chi connectivity index (χ1n) is 15.2. The van der Waals surface area contributed by atoms with Gasteiger partial charge in [-0.15, -0.1) is 5.10 Å². The van der Waals surface area contributed by atoms with E-state index in [1.54, 1.807) is 45.0 Å². The Bertz CT molecular complexity index is 1470. The molecule has 0 aliphatic carbocycles. The van der Waals surface area contributed by atoms with Crippen molar-refractivity contribution in [2.24, 2.45) is 5.92 Å². The van der Waals surface area contributed by atoms with Crippen LogP contribution in [0.15, 0.2) is 36.5 Å². The van der Waals surface area contributed by atoms with E-state index in [4.69, 9.17) is 9.26 Å². The van der Waals surface area contributed by atoms with Crippen LogP contribution in [0.4, 0.5) is 18.0 Å². The molecule has 1 heterocycles. The van der Waals surface area contributed by atoms with Gasteiger partial charge in [-0.3, -0.25) is 23.4 Å². The number of alkyl carbamates (subject to hydrolysis) is 1. The summed E-state index contributed by atoms with van der Waals surface area (Å²) in [5.41, 5.74) is 0.0536. The Balaban J connectivity index is 2.09. The highest BCUT2D eigenvalue weighted by Crippen LogP contribution is 2.48. The molecule has 2 N–H and O–H groups in total. The smallest absolute Gasteiger partial charge is 0.426 e. The van der Waals surface area contributed by atoms with E-state index in [-0.39, 0.29) is 31.2 Å². The average molecular weight is 721 g/mol. The molecule has 0 aliphatic heterocycles. The number of ether oxygens (including phenoxy) is 2. The number of nitrogens with one attached hydrogen (secondary N) is 2. The number of carbonyl (C=O) groups excluding carboxylic acids is 4. The van der Waals surface area contributed by atoms with E-state index < -0.39 is 68.0 Å². The molecule has 19 heteroatoms. The summed E-state index contributed by atoms with van der Waals surface area (Å²) in [7, 11) is -3.69. The molecule has 2 aromatic rings. The molecule has 0 fully saturated rings. The van der Waals surface area contributed by atoms with Crippen LogP contribution in [0.5, 0.6) is 0 Å². The van der Waals surface area contributed by atoms with Crippen LogP contribution in [-0.4, -0.2) is 94.1 Å². The number of hydrogen-bond donors (Lipinski definition) is 2. The van der Waals surface area contributed by atoms with Crippen LogP contribution >= 0.6 is 7.60 Å². The highest BCUT2D eigenvalue weighted by Gasteiger charge is 2.50. The Morgan fingerprint density at radius 1 is 1.04 bits per heavy atom. The van der Waals surface area contributed by atoms with Crippen molar-refractivity contribution in [3.63, 3.8) is 0 Å². The minimum Gasteiger partial charge on any atom is -0.467 e. The molecule has 0 radical (unpaired) electrons. The van der Waals surface area contributed by atoms with E-state index >= 15 is 0 Å². The molecule has 0 bridgehead atoms. The van der Waals surface area contributed by atoms with Crippen molar-refractivity contribution in [3.8, 4) is 0 Å². The average Bonchev–Trinajstić information content (AvgIpc) is 3.43. The van der Waals surface area contributed by atoms with Gasteiger partial charge in [-0.25, -0.2) is 9.59 Å². The van der Waals surface area contributed by atoms with E-state index in [1.165, 1.54) is 22.7 Å². The van der Waals surface area contributed by atoms with Crippen molar-refractivity contribution in [2.45, 2.75) is 91.2 Å². The first-order valence-corrected chi connectivity index (χ1v) is 17.1. The lowest BCUT2D eigenvalue weighted by Gasteiger charge is -2.28. The molecule has 0 aliphatic rings. The number of alkyl halides is 3. The lowest BCUT2D eigenvalue weighted by molar-refractivity contribution is -0.211. The molecule has 4 atom stereocenters. The maximum Gasteiger partial charge on any atom is 0.426 e. The maximum atomic E-state index is 13.4. The van der Waals surface area contributed by atoms with Crippen LogP contribution in [0.2, 0.25) is 0 Å². The Morgan fingerprint density at radius 3 is 2.22 bits per heavy atom. The zero-order valence-corrected chi connectivity index (χ0v) is 29.5. The van der Waals surface area contributed by atoms with Gasteiger partial charge in [-0.05, 0) is 39.2 Å². The second-order valence-corrected chi connectivity index (χ2v) is 14.5. The first kappa shape index (κ1) is 41.2. The summed E-state index contributed by atoms with van der Waals surface area (Å²) in [6.07, 6.45) is -7.71. The summed E-state index contributed by atoms with van der Waals surface area (Å²) in [4.78, 5) is 51.8. The summed E-state index contributed by atoms with van der Waals surface area (Å²) in [5.74, 6) is -2.94. The summed E-state index contributed by atoms with van der Waals surface area (Å²) in [6, 6.07) is 7.46. The number of carbonyl (C=O) groups is 4. The molecule has 1 aromatic carbocycles. The van der Waals surface area contributed by atoms with Gasteiger partial charge in [0.15, 0.2) is 0 Å². The Hall–Kier alpha value is -4.02. The Morgan fingerprint density at radius 2 is 1.67 bits per heavy atom. The van der Waals surface area contributed by atoms with Crippen molar-refractivity contribution < 1.29 is 55.4 Å². The highest BCUT2D eigenvalue weighted by molar-refractivity contribution is 7.53. The molecule has 0 saturated carbocycles. The van der Waals surface area contributed by atoms with Crippen LogP contribution in [0.3, 0.4) is 0 Å². The lowest BCUT2D eigenvalue weighted by Crippen LogP contribution is -2.52. The van der Waals surface area contributed by atoms with E-state index in [0.29, 0.717) is 0 Å². The molecule has 49 heavy (non-hydrogen) atoms. The number of halogens is 3. The SMILES string of the molecule is COC(=O)C(OP(C)(=O)OCc1cn(C[C@H](NC(=O)CN(Cc2ccccc2)C(=O)[C@@H](C)NC(=O)OC(C)(C)C)C(C)C)nn1)C(F)(F)F. The van der Waals surface area contributed by atoms with Crippen LogP contribution in [-0.2, 0) is 57.2 Å². The predicted molar refractivity (Wildman–Crippen MR) is 169 cm³/mol. The third-order valence-electron chi connectivity index (χ3n) is 6.54. The number of rotatable bonds is 16. The molecule has 2 unspecified atom stereocenters. The minimum absolute atomic E-state index is 0.0762. The first-order chi connectivity index (χ1) is 22.6. The largest absolute Gasteiger partial charge is 0.467 e. The third-order valence-corrected chi connectivity index (χ3v) is 7.74. The van der Waals surface area contributed by atoms with E-state index in [2.05, 4.69) is 30.2 Å². The van der Waals surface area contributed by atoms with E-state index in [0.717, 1.165) is 19.3 Å². The van der Waals surface area contributed by atoms with Gasteiger partial charge in [-0.2, -0.15) is 13.2 Å². The molecule has 3 amide bonds. The second-order valence-electron chi connectivity index (χ2n) is 12.5. The van der Waals surface area contributed by atoms with Crippen LogP contribution in [0.1, 0.15) is 52.8 Å². The monoisotopic (exact) mass is 720 g/mol. The number of aromatic nitrogens is 3. The van der Waals surface area contributed by atoms with Crippen molar-refractivity contribution >= 4 is 31.5 Å². The maximum absolute atomic E-state index is 13.4. The fraction of sp³-hybridized carbons (Fsp3) is 0.600. The zero-order chi connectivity index (χ0) is 37.2. The van der Waals surface area contributed by atoms with E-state index in [1.807, 2.05) is 19.9 Å². The Labute approximate surface area is 282 Å². The number of benzene rings is 1. The summed E-state index contributed by atoms with van der Waals surface area (Å²) >= 11 is 0. The second kappa shape index (κ2) is 17.6. The standard InChI is InChI=1S/C30H44F3N6O9P/c1-19(2)23(16-39-15-22(36-37-39)18-46-49(8,44)48-25(27(42)45-7)30(31,32)33)35-24(40)17-38(14-21-12-10-9-11-13-21)26(41)20(3)34-28(43)47-29(4,5)6/h9-13,15,19-20,23,25H,14,16-18H2,1-8H3,(H,34,43)(H,35,40)/t20-,23+,25?,49?/m1/s1. The molecular weight excluding hydrogens is 676 g/mol. The van der Waals surface area contributed by atoms with Gasteiger partial charge in [0.1, 0.15) is 23.9 Å². The number of hydrogen-bond acceptors (Lipinski definition) is 11. The topological polar surface area (TPSA) is 180 Å². The van der Waals surface area contributed by atoms with Crippen LogP contribution in [0.25, 0.3) is 0 Å².